The lowest BCUT2D eigenvalue weighted by Crippen LogP contribution is -2.63. The van der Waals surface area contributed by atoms with Crippen LogP contribution in [-0.4, -0.2) is 65.3 Å². The molecule has 1 saturated heterocycles. The summed E-state index contributed by atoms with van der Waals surface area (Å²) >= 11 is 0. The quantitative estimate of drug-likeness (QED) is 0.279. The summed E-state index contributed by atoms with van der Waals surface area (Å²) in [5.41, 5.74) is -0.176. The Morgan fingerprint density at radius 3 is 1.93 bits per heavy atom. The van der Waals surface area contributed by atoms with Crippen LogP contribution in [0.1, 0.15) is 20.8 Å². The number of aliphatic hydroxyl groups is 1. The Morgan fingerprint density at radius 2 is 1.47 bits per heavy atom. The first-order valence-electron chi connectivity index (χ1n) is 8.81. The number of nitrogens with zero attached hydrogens (tertiary/aromatic N) is 1. The van der Waals surface area contributed by atoms with E-state index in [4.69, 9.17) is 23.7 Å². The maximum atomic E-state index is 11.6. The fourth-order valence-corrected chi connectivity index (χ4v) is 2.88. The van der Waals surface area contributed by atoms with Gasteiger partial charge in [0.05, 0.1) is 11.5 Å². The van der Waals surface area contributed by atoms with Gasteiger partial charge in [0, 0.05) is 32.9 Å². The number of aliphatic hydroxyl groups excluding tert-OH is 1. The minimum absolute atomic E-state index is 0.118. The molecular weight excluding hydrogens is 406 g/mol. The lowest BCUT2D eigenvalue weighted by atomic mass is 9.98. The monoisotopic (exact) mass is 427 g/mol. The number of hydrogen-bond acceptors (Lipinski definition) is 11. The van der Waals surface area contributed by atoms with Gasteiger partial charge in [0.25, 0.3) is 5.69 Å². The number of ether oxygens (including phenoxy) is 5. The van der Waals surface area contributed by atoms with Crippen molar-refractivity contribution in [1.29, 1.82) is 0 Å². The van der Waals surface area contributed by atoms with Crippen molar-refractivity contribution >= 4 is 23.6 Å². The number of nitro groups is 1. The van der Waals surface area contributed by atoms with Gasteiger partial charge in [-0.25, -0.2) is 0 Å². The van der Waals surface area contributed by atoms with Crippen molar-refractivity contribution in [3.05, 3.63) is 34.4 Å². The van der Waals surface area contributed by atoms with E-state index >= 15 is 0 Å². The predicted molar refractivity (Wildman–Crippen MR) is 96.1 cm³/mol. The summed E-state index contributed by atoms with van der Waals surface area (Å²) in [6, 6.07) is 4.96. The third kappa shape index (κ3) is 5.87. The standard InChI is InChI=1S/C18H21NO11/c1-9(21)26-15-14(8-20)30-18(17(28-11(3)23)16(15)27-10(2)22)29-13-6-4-12(5-7-13)19(24)25/h4-7,14-18,20H,8H2,1-3H3. The summed E-state index contributed by atoms with van der Waals surface area (Å²) in [6.45, 7) is 2.68. The SMILES string of the molecule is CC(=O)OC1C(CO)OC(Oc2ccc([N+](=O)[O-])cc2)C(OC(C)=O)C1OC(C)=O. The summed E-state index contributed by atoms with van der Waals surface area (Å²) in [7, 11) is 0. The molecule has 0 aromatic heterocycles. The first-order chi connectivity index (χ1) is 14.1. The molecule has 0 amide bonds. The van der Waals surface area contributed by atoms with Crippen LogP contribution in [-0.2, 0) is 33.3 Å². The van der Waals surface area contributed by atoms with E-state index < -0.39 is 60.1 Å². The summed E-state index contributed by atoms with van der Waals surface area (Å²) in [5.74, 6) is -2.15. The molecule has 0 aliphatic carbocycles. The van der Waals surface area contributed by atoms with Gasteiger partial charge in [0.1, 0.15) is 11.9 Å². The Labute approximate surface area is 170 Å². The molecule has 1 heterocycles. The van der Waals surface area contributed by atoms with Gasteiger partial charge in [-0.2, -0.15) is 0 Å². The third-order valence-electron chi connectivity index (χ3n) is 3.98. The number of benzene rings is 1. The van der Waals surface area contributed by atoms with Crippen LogP contribution in [0.2, 0.25) is 0 Å². The highest BCUT2D eigenvalue weighted by Crippen LogP contribution is 2.31. The minimum Gasteiger partial charge on any atom is -0.461 e. The molecule has 5 unspecified atom stereocenters. The van der Waals surface area contributed by atoms with E-state index in [1.165, 1.54) is 24.3 Å². The lowest BCUT2D eigenvalue weighted by molar-refractivity contribution is -0.384. The van der Waals surface area contributed by atoms with Gasteiger partial charge in [-0.15, -0.1) is 0 Å². The smallest absolute Gasteiger partial charge is 0.303 e. The van der Waals surface area contributed by atoms with Gasteiger partial charge in [-0.3, -0.25) is 24.5 Å². The Bertz CT molecular complexity index is 794. The molecule has 2 rings (SSSR count). The van der Waals surface area contributed by atoms with Crippen LogP contribution < -0.4 is 4.74 Å². The van der Waals surface area contributed by atoms with Crippen LogP contribution in [0.15, 0.2) is 24.3 Å². The third-order valence-corrected chi connectivity index (χ3v) is 3.98. The molecule has 164 valence electrons. The number of hydrogen-bond donors (Lipinski definition) is 1. The highest BCUT2D eigenvalue weighted by atomic mass is 16.7. The molecule has 5 atom stereocenters. The molecular formula is C18H21NO11. The van der Waals surface area contributed by atoms with Gasteiger partial charge in [-0.1, -0.05) is 0 Å². The number of carbonyl (C=O) groups is 3. The molecule has 0 spiro atoms. The number of rotatable bonds is 7. The van der Waals surface area contributed by atoms with Crippen molar-refractivity contribution in [2.24, 2.45) is 0 Å². The molecule has 30 heavy (non-hydrogen) atoms. The first kappa shape index (κ1) is 23.0. The van der Waals surface area contributed by atoms with E-state index in [9.17, 15) is 29.6 Å². The van der Waals surface area contributed by atoms with Crippen LogP contribution in [0, 0.1) is 10.1 Å². The highest BCUT2D eigenvalue weighted by molar-refractivity contribution is 5.68. The van der Waals surface area contributed by atoms with E-state index in [0.717, 1.165) is 20.8 Å². The predicted octanol–water partition coefficient (Wildman–Crippen LogP) is 0.486. The summed E-state index contributed by atoms with van der Waals surface area (Å²) in [5, 5.41) is 20.5. The fraction of sp³-hybridized carbons (Fsp3) is 0.500. The second-order valence-electron chi connectivity index (χ2n) is 6.32. The molecule has 0 saturated carbocycles. The molecule has 0 bridgehead atoms. The molecule has 1 aromatic carbocycles. The van der Waals surface area contributed by atoms with Gasteiger partial charge < -0.3 is 28.8 Å². The molecule has 1 aromatic rings. The Kier molecular flexibility index (Phi) is 7.66. The highest BCUT2D eigenvalue weighted by Gasteiger charge is 2.52. The number of carbonyl (C=O) groups excluding carboxylic acids is 3. The molecule has 12 nitrogen and oxygen atoms in total. The number of non-ortho nitro benzene ring substituents is 1. The Morgan fingerprint density at radius 1 is 0.967 bits per heavy atom. The minimum atomic E-state index is -1.39. The molecule has 1 aliphatic heterocycles. The summed E-state index contributed by atoms with van der Waals surface area (Å²) in [6.07, 6.45) is -6.55. The van der Waals surface area contributed by atoms with Crippen LogP contribution in [0.25, 0.3) is 0 Å². The van der Waals surface area contributed by atoms with Gasteiger partial charge in [0.2, 0.25) is 12.4 Å². The van der Waals surface area contributed by atoms with Crippen molar-refractivity contribution in [1.82, 2.24) is 0 Å². The van der Waals surface area contributed by atoms with E-state index in [0.29, 0.717) is 0 Å². The zero-order chi connectivity index (χ0) is 22.4. The zero-order valence-corrected chi connectivity index (χ0v) is 16.4. The summed E-state index contributed by atoms with van der Waals surface area (Å²) in [4.78, 5) is 45.0. The van der Waals surface area contributed by atoms with Crippen molar-refractivity contribution in [3.63, 3.8) is 0 Å². The van der Waals surface area contributed by atoms with Gasteiger partial charge in [0.15, 0.2) is 12.2 Å². The van der Waals surface area contributed by atoms with E-state index in [1.54, 1.807) is 0 Å². The normalized spacial score (nSPS) is 25.7. The second kappa shape index (κ2) is 9.98. The van der Waals surface area contributed by atoms with Crippen LogP contribution in [0.5, 0.6) is 5.75 Å². The fourth-order valence-electron chi connectivity index (χ4n) is 2.88. The average molecular weight is 427 g/mol. The maximum Gasteiger partial charge on any atom is 0.303 e. The molecule has 12 heteroatoms. The topological polar surface area (TPSA) is 161 Å². The van der Waals surface area contributed by atoms with Gasteiger partial charge >= 0.3 is 17.9 Å². The second-order valence-corrected chi connectivity index (χ2v) is 6.32. The Hall–Kier alpha value is -3.25. The largest absolute Gasteiger partial charge is 0.461 e. The lowest BCUT2D eigenvalue weighted by Gasteiger charge is -2.43. The number of esters is 3. The van der Waals surface area contributed by atoms with E-state index in [2.05, 4.69) is 0 Å². The Balaban J connectivity index is 2.38. The first-order valence-corrected chi connectivity index (χ1v) is 8.81. The summed E-state index contributed by atoms with van der Waals surface area (Å²) < 4.78 is 26.8. The van der Waals surface area contributed by atoms with Crippen molar-refractivity contribution in [2.75, 3.05) is 6.61 Å². The van der Waals surface area contributed by atoms with Crippen molar-refractivity contribution < 1.29 is 48.1 Å². The molecule has 0 radical (unpaired) electrons. The van der Waals surface area contributed by atoms with Crippen LogP contribution in [0.4, 0.5) is 5.69 Å². The molecule has 1 fully saturated rings. The zero-order valence-electron chi connectivity index (χ0n) is 16.4. The molecule has 1 N–H and O–H groups in total. The van der Waals surface area contributed by atoms with Crippen LogP contribution in [0.3, 0.4) is 0 Å². The van der Waals surface area contributed by atoms with Gasteiger partial charge in [-0.05, 0) is 12.1 Å². The molecule has 1 aliphatic rings. The van der Waals surface area contributed by atoms with E-state index in [1.807, 2.05) is 0 Å². The maximum absolute atomic E-state index is 11.6. The van der Waals surface area contributed by atoms with Crippen molar-refractivity contribution in [2.45, 2.75) is 51.5 Å². The van der Waals surface area contributed by atoms with Crippen LogP contribution >= 0.6 is 0 Å². The number of nitro benzene ring substituents is 1. The van der Waals surface area contributed by atoms with E-state index in [-0.39, 0.29) is 11.4 Å². The van der Waals surface area contributed by atoms with Crippen molar-refractivity contribution in [3.8, 4) is 5.75 Å². The average Bonchev–Trinajstić information content (AvgIpc) is 2.65.